The Kier molecular flexibility index (Phi) is 4.77. The summed E-state index contributed by atoms with van der Waals surface area (Å²) in [5, 5.41) is 20.9. The lowest BCUT2D eigenvalue weighted by molar-refractivity contribution is -0.385. The Hall–Kier alpha value is -3.86. The van der Waals surface area contributed by atoms with Crippen molar-refractivity contribution in [1.82, 2.24) is 9.97 Å². The average Bonchev–Trinajstić information content (AvgIpc) is 3.08. The Bertz CT molecular complexity index is 1110. The van der Waals surface area contributed by atoms with Crippen molar-refractivity contribution in [2.75, 3.05) is 14.2 Å². The Morgan fingerprint density at radius 2 is 2.00 bits per heavy atom. The normalized spacial score (nSPS) is 11.3. The molecule has 1 heterocycles. The molecular weight excluding hydrogens is 348 g/mol. The van der Waals surface area contributed by atoms with Crippen LogP contribution in [0.2, 0.25) is 0 Å². The fraction of sp³-hybridized carbons (Fsp3) is 0.158. The number of nitrogens with zero attached hydrogens (tertiary/aromatic N) is 3. The molecule has 0 fully saturated rings. The molecule has 0 radical (unpaired) electrons. The van der Waals surface area contributed by atoms with Gasteiger partial charge in [-0.3, -0.25) is 10.1 Å². The lowest BCUT2D eigenvalue weighted by Gasteiger charge is -2.08. The van der Waals surface area contributed by atoms with Crippen LogP contribution in [-0.2, 0) is 0 Å². The third-order valence-corrected chi connectivity index (χ3v) is 4.04. The number of benzene rings is 2. The maximum Gasteiger partial charge on any atom is 0.311 e. The topological polar surface area (TPSA) is 114 Å². The molecule has 0 saturated heterocycles. The van der Waals surface area contributed by atoms with Crippen molar-refractivity contribution in [3.05, 3.63) is 57.4 Å². The number of aromatic amines is 1. The van der Waals surface area contributed by atoms with Crippen molar-refractivity contribution in [1.29, 1.82) is 5.26 Å². The van der Waals surface area contributed by atoms with Gasteiger partial charge in [0, 0.05) is 17.7 Å². The molecular formula is C19H16N4O4. The summed E-state index contributed by atoms with van der Waals surface area (Å²) in [5.41, 5.74) is 2.97. The monoisotopic (exact) mass is 364 g/mol. The fourth-order valence-corrected chi connectivity index (χ4v) is 2.72. The Balaban J connectivity index is 2.15. The van der Waals surface area contributed by atoms with E-state index in [0.717, 1.165) is 16.6 Å². The highest BCUT2D eigenvalue weighted by Crippen LogP contribution is 2.36. The highest BCUT2D eigenvalue weighted by atomic mass is 16.6. The Morgan fingerprint density at radius 3 is 2.63 bits per heavy atom. The molecule has 1 aromatic heterocycles. The minimum absolute atomic E-state index is 0.0757. The summed E-state index contributed by atoms with van der Waals surface area (Å²) < 4.78 is 10.3. The molecule has 0 aliphatic heterocycles. The molecule has 27 heavy (non-hydrogen) atoms. The number of aryl methyl sites for hydroxylation is 1. The number of ether oxygens (including phenoxy) is 2. The molecule has 1 N–H and O–H groups in total. The molecule has 0 unspecified atom stereocenters. The first-order valence-electron chi connectivity index (χ1n) is 7.95. The Labute approximate surface area is 154 Å². The quantitative estimate of drug-likeness (QED) is 0.418. The number of imidazole rings is 1. The molecule has 0 saturated carbocycles. The number of hydrogen-bond acceptors (Lipinski definition) is 6. The minimum atomic E-state index is -0.550. The average molecular weight is 364 g/mol. The van der Waals surface area contributed by atoms with Crippen molar-refractivity contribution in [2.45, 2.75) is 6.92 Å². The molecule has 8 nitrogen and oxygen atoms in total. The van der Waals surface area contributed by atoms with Gasteiger partial charge in [0.1, 0.15) is 17.6 Å². The molecule has 0 aliphatic carbocycles. The summed E-state index contributed by atoms with van der Waals surface area (Å²) in [4.78, 5) is 18.3. The number of nitrogens with one attached hydrogen (secondary N) is 1. The van der Waals surface area contributed by atoms with E-state index >= 15 is 0 Å². The first kappa shape index (κ1) is 17.9. The van der Waals surface area contributed by atoms with E-state index in [2.05, 4.69) is 16.0 Å². The number of allylic oxidation sites excluding steroid dienone is 1. The summed E-state index contributed by atoms with van der Waals surface area (Å²) in [6.45, 7) is 1.96. The molecule has 8 heteroatoms. The van der Waals surface area contributed by atoms with Gasteiger partial charge >= 0.3 is 5.69 Å². The summed E-state index contributed by atoms with van der Waals surface area (Å²) in [7, 11) is 2.78. The zero-order valence-corrected chi connectivity index (χ0v) is 14.9. The van der Waals surface area contributed by atoms with Crippen LogP contribution in [-0.4, -0.2) is 29.1 Å². The second-order valence-electron chi connectivity index (χ2n) is 5.80. The summed E-state index contributed by atoms with van der Waals surface area (Å²) in [6.07, 6.45) is 1.50. The summed E-state index contributed by atoms with van der Waals surface area (Å²) in [6, 6.07) is 10.5. The molecule has 3 aromatic rings. The fourth-order valence-electron chi connectivity index (χ4n) is 2.72. The number of fused-ring (bicyclic) bond motifs is 1. The maximum atomic E-state index is 11.3. The zero-order chi connectivity index (χ0) is 19.6. The number of H-pyrrole nitrogens is 1. The number of nitro benzene ring substituents is 1. The molecule has 0 atom stereocenters. The molecule has 0 spiro atoms. The number of nitro groups is 1. The predicted octanol–water partition coefficient (Wildman–Crippen LogP) is 3.86. The van der Waals surface area contributed by atoms with Gasteiger partial charge in [-0.2, -0.15) is 5.26 Å². The van der Waals surface area contributed by atoms with E-state index in [0.29, 0.717) is 17.1 Å². The molecule has 0 aliphatic rings. The Morgan fingerprint density at radius 1 is 1.26 bits per heavy atom. The van der Waals surface area contributed by atoms with E-state index in [1.807, 2.05) is 25.1 Å². The molecule has 0 amide bonds. The van der Waals surface area contributed by atoms with Gasteiger partial charge in [-0.05, 0) is 30.7 Å². The zero-order valence-electron chi connectivity index (χ0n) is 14.9. The van der Waals surface area contributed by atoms with Crippen molar-refractivity contribution in [3.8, 4) is 17.6 Å². The van der Waals surface area contributed by atoms with Gasteiger partial charge in [0.15, 0.2) is 0 Å². The minimum Gasteiger partial charge on any atom is -0.496 e. The number of rotatable bonds is 5. The van der Waals surface area contributed by atoms with Gasteiger partial charge in [-0.15, -0.1) is 0 Å². The largest absolute Gasteiger partial charge is 0.496 e. The van der Waals surface area contributed by atoms with Gasteiger partial charge in [-0.25, -0.2) is 4.98 Å². The van der Waals surface area contributed by atoms with Crippen molar-refractivity contribution >= 4 is 28.4 Å². The van der Waals surface area contributed by atoms with Crippen LogP contribution < -0.4 is 9.47 Å². The lowest BCUT2D eigenvalue weighted by Crippen LogP contribution is -1.97. The molecule has 0 bridgehead atoms. The number of aromatic nitrogens is 2. The molecule has 2 aromatic carbocycles. The van der Waals surface area contributed by atoms with Crippen molar-refractivity contribution in [2.24, 2.45) is 0 Å². The third-order valence-electron chi connectivity index (χ3n) is 4.04. The molecule has 3 rings (SSSR count). The van der Waals surface area contributed by atoms with Gasteiger partial charge < -0.3 is 14.5 Å². The van der Waals surface area contributed by atoms with Gasteiger partial charge in [0.05, 0.1) is 35.7 Å². The second-order valence-corrected chi connectivity index (χ2v) is 5.80. The van der Waals surface area contributed by atoms with Crippen LogP contribution in [0.1, 0.15) is 17.0 Å². The highest BCUT2D eigenvalue weighted by molar-refractivity contribution is 5.91. The lowest BCUT2D eigenvalue weighted by atomic mass is 10.1. The van der Waals surface area contributed by atoms with Crippen LogP contribution in [0.25, 0.3) is 22.7 Å². The van der Waals surface area contributed by atoms with Gasteiger partial charge in [-0.1, -0.05) is 6.07 Å². The van der Waals surface area contributed by atoms with Crippen LogP contribution >= 0.6 is 0 Å². The molecule has 136 valence electrons. The summed E-state index contributed by atoms with van der Waals surface area (Å²) in [5.74, 6) is 0.794. The second kappa shape index (κ2) is 7.17. The van der Waals surface area contributed by atoms with Crippen molar-refractivity contribution in [3.63, 3.8) is 0 Å². The van der Waals surface area contributed by atoms with Crippen LogP contribution in [0.3, 0.4) is 0 Å². The number of nitriles is 1. The first-order chi connectivity index (χ1) is 13.0. The van der Waals surface area contributed by atoms with Crippen molar-refractivity contribution < 1.29 is 14.4 Å². The van der Waals surface area contributed by atoms with Crippen LogP contribution in [0.4, 0.5) is 5.69 Å². The van der Waals surface area contributed by atoms with Gasteiger partial charge in [0.25, 0.3) is 0 Å². The SMILES string of the molecule is COc1cc(OC)c([N+](=O)[O-])cc1/C=C(/C#N)c1nc2ccc(C)cc2[nH]1. The van der Waals surface area contributed by atoms with E-state index in [9.17, 15) is 15.4 Å². The first-order valence-corrected chi connectivity index (χ1v) is 7.95. The van der Waals surface area contributed by atoms with E-state index in [1.54, 1.807) is 0 Å². The van der Waals surface area contributed by atoms with E-state index in [-0.39, 0.29) is 17.0 Å². The van der Waals surface area contributed by atoms with Gasteiger partial charge in [0.2, 0.25) is 5.75 Å². The van der Waals surface area contributed by atoms with Crippen LogP contribution in [0, 0.1) is 28.4 Å². The van der Waals surface area contributed by atoms with Crippen LogP contribution in [0.15, 0.2) is 30.3 Å². The van der Waals surface area contributed by atoms with E-state index in [1.165, 1.54) is 32.4 Å². The smallest absolute Gasteiger partial charge is 0.311 e. The number of methoxy groups -OCH3 is 2. The van der Waals surface area contributed by atoms with E-state index < -0.39 is 4.92 Å². The standard InChI is InChI=1S/C19H16N4O4/c1-11-4-5-14-15(6-11)22-19(21-14)13(10-20)7-12-8-16(23(24)25)18(27-3)9-17(12)26-2/h4-9H,1-3H3,(H,21,22)/b13-7-. The highest BCUT2D eigenvalue weighted by Gasteiger charge is 2.19. The van der Waals surface area contributed by atoms with E-state index in [4.69, 9.17) is 9.47 Å². The third kappa shape index (κ3) is 3.43. The van der Waals surface area contributed by atoms with Crippen LogP contribution in [0.5, 0.6) is 11.5 Å². The predicted molar refractivity (Wildman–Crippen MR) is 101 cm³/mol. The maximum absolute atomic E-state index is 11.3. The summed E-state index contributed by atoms with van der Waals surface area (Å²) >= 11 is 0. The number of hydrogen-bond donors (Lipinski definition) is 1.